The summed E-state index contributed by atoms with van der Waals surface area (Å²) in [5.41, 5.74) is 0.0494. The third-order valence-electron chi connectivity index (χ3n) is 4.83. The summed E-state index contributed by atoms with van der Waals surface area (Å²) in [7, 11) is 0. The Morgan fingerprint density at radius 1 is 1.20 bits per heavy atom. The molecule has 2 atom stereocenters. The van der Waals surface area contributed by atoms with Gasteiger partial charge in [-0.15, -0.1) is 0 Å². The molecule has 0 radical (unpaired) electrons. The number of benzene rings is 1. The SMILES string of the molecule is O=C(c1ccc(O)cc1)N1CCC2(O)CCCCC2C1. The molecule has 2 unspecified atom stereocenters. The number of aliphatic hydroxyl groups is 1. The molecule has 1 amide bonds. The van der Waals surface area contributed by atoms with Crippen molar-refractivity contribution in [2.24, 2.45) is 5.92 Å². The van der Waals surface area contributed by atoms with Gasteiger partial charge in [0.15, 0.2) is 0 Å². The van der Waals surface area contributed by atoms with Gasteiger partial charge in [-0.25, -0.2) is 0 Å². The summed E-state index contributed by atoms with van der Waals surface area (Å²) in [6.07, 6.45) is 4.81. The van der Waals surface area contributed by atoms with Crippen LogP contribution < -0.4 is 0 Å². The van der Waals surface area contributed by atoms with E-state index in [0.717, 1.165) is 25.7 Å². The maximum atomic E-state index is 12.5. The molecule has 0 aromatic heterocycles. The van der Waals surface area contributed by atoms with Crippen molar-refractivity contribution >= 4 is 5.91 Å². The Labute approximate surface area is 119 Å². The molecule has 2 N–H and O–H groups in total. The Morgan fingerprint density at radius 3 is 2.70 bits per heavy atom. The van der Waals surface area contributed by atoms with E-state index in [0.29, 0.717) is 25.1 Å². The van der Waals surface area contributed by atoms with Crippen LogP contribution in [0.25, 0.3) is 0 Å². The number of phenolic OH excluding ortho intramolecular Hbond substituents is 1. The van der Waals surface area contributed by atoms with Crippen LogP contribution in [-0.4, -0.2) is 39.7 Å². The van der Waals surface area contributed by atoms with Crippen molar-refractivity contribution in [1.29, 1.82) is 0 Å². The van der Waals surface area contributed by atoms with Gasteiger partial charge in [-0.2, -0.15) is 0 Å². The molecule has 0 bridgehead atoms. The van der Waals surface area contributed by atoms with Gasteiger partial charge < -0.3 is 15.1 Å². The minimum absolute atomic E-state index is 0.00220. The summed E-state index contributed by atoms with van der Waals surface area (Å²) in [6, 6.07) is 6.38. The van der Waals surface area contributed by atoms with Gasteiger partial charge in [0.2, 0.25) is 0 Å². The minimum Gasteiger partial charge on any atom is -0.508 e. The zero-order valence-corrected chi connectivity index (χ0v) is 11.6. The lowest BCUT2D eigenvalue weighted by Crippen LogP contribution is -2.54. The van der Waals surface area contributed by atoms with Gasteiger partial charge in [0.25, 0.3) is 5.91 Å². The number of hydrogen-bond acceptors (Lipinski definition) is 3. The van der Waals surface area contributed by atoms with E-state index < -0.39 is 5.60 Å². The fraction of sp³-hybridized carbons (Fsp3) is 0.562. The molecule has 108 valence electrons. The number of likely N-dealkylation sites (tertiary alicyclic amines) is 1. The van der Waals surface area contributed by atoms with Gasteiger partial charge in [-0.3, -0.25) is 4.79 Å². The van der Waals surface area contributed by atoms with E-state index in [9.17, 15) is 15.0 Å². The first kappa shape index (κ1) is 13.4. The van der Waals surface area contributed by atoms with Crippen molar-refractivity contribution in [3.05, 3.63) is 29.8 Å². The van der Waals surface area contributed by atoms with E-state index in [1.807, 2.05) is 4.90 Å². The molecule has 4 nitrogen and oxygen atoms in total. The number of hydrogen-bond donors (Lipinski definition) is 2. The van der Waals surface area contributed by atoms with E-state index in [4.69, 9.17) is 0 Å². The summed E-state index contributed by atoms with van der Waals surface area (Å²) < 4.78 is 0. The summed E-state index contributed by atoms with van der Waals surface area (Å²) in [4.78, 5) is 14.3. The first-order valence-electron chi connectivity index (χ1n) is 7.39. The highest BCUT2D eigenvalue weighted by Gasteiger charge is 2.43. The van der Waals surface area contributed by atoms with Gasteiger partial charge in [0.05, 0.1) is 5.60 Å². The third-order valence-corrected chi connectivity index (χ3v) is 4.83. The van der Waals surface area contributed by atoms with E-state index in [-0.39, 0.29) is 17.6 Å². The maximum absolute atomic E-state index is 12.5. The van der Waals surface area contributed by atoms with Crippen molar-refractivity contribution in [3.8, 4) is 5.75 Å². The standard InChI is InChI=1S/C16H21NO3/c18-14-6-4-12(5-7-14)15(19)17-10-9-16(20)8-2-1-3-13(16)11-17/h4-7,13,18,20H,1-3,8-11H2. The van der Waals surface area contributed by atoms with Crippen LogP contribution in [0.4, 0.5) is 0 Å². The minimum atomic E-state index is -0.552. The van der Waals surface area contributed by atoms with Gasteiger partial charge in [0, 0.05) is 24.6 Å². The molecular weight excluding hydrogens is 254 g/mol. The Bertz CT molecular complexity index is 499. The molecule has 20 heavy (non-hydrogen) atoms. The Hall–Kier alpha value is -1.55. The highest BCUT2D eigenvalue weighted by Crippen LogP contribution is 2.40. The predicted molar refractivity (Wildman–Crippen MR) is 75.5 cm³/mol. The Kier molecular flexibility index (Phi) is 3.42. The molecule has 0 spiro atoms. The normalized spacial score (nSPS) is 29.9. The molecule has 2 fully saturated rings. The lowest BCUT2D eigenvalue weighted by Gasteiger charge is -2.47. The van der Waals surface area contributed by atoms with E-state index in [2.05, 4.69) is 0 Å². The summed E-state index contributed by atoms with van der Waals surface area (Å²) in [6.45, 7) is 1.27. The second-order valence-corrected chi connectivity index (χ2v) is 6.09. The number of piperidine rings is 1. The fourth-order valence-electron chi connectivity index (χ4n) is 3.54. The molecule has 1 aliphatic carbocycles. The van der Waals surface area contributed by atoms with Gasteiger partial charge in [0.1, 0.15) is 5.75 Å². The van der Waals surface area contributed by atoms with Crippen LogP contribution in [0.1, 0.15) is 42.5 Å². The van der Waals surface area contributed by atoms with Crippen molar-refractivity contribution in [1.82, 2.24) is 4.90 Å². The number of amides is 1. The van der Waals surface area contributed by atoms with Crippen LogP contribution in [0.15, 0.2) is 24.3 Å². The molecule has 1 aromatic carbocycles. The van der Waals surface area contributed by atoms with E-state index in [1.165, 1.54) is 12.1 Å². The summed E-state index contributed by atoms with van der Waals surface area (Å²) in [5, 5.41) is 19.9. The Morgan fingerprint density at radius 2 is 1.95 bits per heavy atom. The number of fused-ring (bicyclic) bond motifs is 1. The number of aromatic hydroxyl groups is 1. The van der Waals surface area contributed by atoms with Crippen molar-refractivity contribution in [2.75, 3.05) is 13.1 Å². The van der Waals surface area contributed by atoms with Crippen molar-refractivity contribution < 1.29 is 15.0 Å². The zero-order valence-electron chi connectivity index (χ0n) is 11.6. The first-order chi connectivity index (χ1) is 9.58. The molecule has 1 saturated heterocycles. The lowest BCUT2D eigenvalue weighted by atomic mass is 9.71. The number of nitrogens with zero attached hydrogens (tertiary/aromatic N) is 1. The van der Waals surface area contributed by atoms with Crippen LogP contribution in [0.2, 0.25) is 0 Å². The number of rotatable bonds is 1. The maximum Gasteiger partial charge on any atom is 0.253 e. The highest BCUT2D eigenvalue weighted by molar-refractivity contribution is 5.94. The second kappa shape index (κ2) is 5.09. The fourth-order valence-corrected chi connectivity index (χ4v) is 3.54. The quantitative estimate of drug-likeness (QED) is 0.825. The zero-order chi connectivity index (χ0) is 14.2. The van der Waals surface area contributed by atoms with Gasteiger partial charge >= 0.3 is 0 Å². The predicted octanol–water partition coefficient (Wildman–Crippen LogP) is 2.16. The average molecular weight is 275 g/mol. The highest BCUT2D eigenvalue weighted by atomic mass is 16.3. The molecule has 4 heteroatoms. The summed E-state index contributed by atoms with van der Waals surface area (Å²) >= 11 is 0. The average Bonchev–Trinajstić information content (AvgIpc) is 2.46. The molecule has 2 aliphatic rings. The number of carbonyl (C=O) groups excluding carboxylic acids is 1. The molecule has 1 heterocycles. The monoisotopic (exact) mass is 275 g/mol. The van der Waals surface area contributed by atoms with Crippen LogP contribution in [0.3, 0.4) is 0 Å². The lowest BCUT2D eigenvalue weighted by molar-refractivity contribution is -0.0886. The molecule has 3 rings (SSSR count). The van der Waals surface area contributed by atoms with Crippen LogP contribution >= 0.6 is 0 Å². The first-order valence-corrected chi connectivity index (χ1v) is 7.39. The van der Waals surface area contributed by atoms with E-state index in [1.54, 1.807) is 12.1 Å². The molecule has 1 aromatic rings. The molecular formula is C16H21NO3. The topological polar surface area (TPSA) is 60.8 Å². The second-order valence-electron chi connectivity index (χ2n) is 6.09. The number of carbonyl (C=O) groups is 1. The molecule has 1 saturated carbocycles. The van der Waals surface area contributed by atoms with E-state index >= 15 is 0 Å². The number of phenols is 1. The van der Waals surface area contributed by atoms with Crippen LogP contribution in [-0.2, 0) is 0 Å². The van der Waals surface area contributed by atoms with Gasteiger partial charge in [-0.05, 0) is 43.5 Å². The van der Waals surface area contributed by atoms with Crippen LogP contribution in [0, 0.1) is 5.92 Å². The smallest absolute Gasteiger partial charge is 0.253 e. The van der Waals surface area contributed by atoms with Gasteiger partial charge in [-0.1, -0.05) is 12.8 Å². The third kappa shape index (κ3) is 2.40. The van der Waals surface area contributed by atoms with Crippen molar-refractivity contribution in [2.45, 2.75) is 37.7 Å². The summed E-state index contributed by atoms with van der Waals surface area (Å²) in [5.74, 6) is 0.380. The molecule has 1 aliphatic heterocycles. The largest absolute Gasteiger partial charge is 0.508 e. The Balaban J connectivity index is 1.72. The van der Waals surface area contributed by atoms with Crippen LogP contribution in [0.5, 0.6) is 5.75 Å². The van der Waals surface area contributed by atoms with Crippen molar-refractivity contribution in [3.63, 3.8) is 0 Å².